The van der Waals surface area contributed by atoms with Crippen LogP contribution in [0, 0.1) is 11.3 Å². The van der Waals surface area contributed by atoms with Crippen molar-refractivity contribution >= 4 is 35.8 Å². The monoisotopic (exact) mass is 462 g/mol. The second-order valence-corrected chi connectivity index (χ2v) is 7.74. The number of nitrogens with zero attached hydrogens (tertiary/aromatic N) is 2. The van der Waals surface area contributed by atoms with Gasteiger partial charge in [0.05, 0.1) is 6.10 Å². The van der Waals surface area contributed by atoms with Crippen LogP contribution >= 0.6 is 24.0 Å². The average molecular weight is 462 g/mol. The molecule has 4 fully saturated rings. The fraction of sp³-hybridized carbons (Fsp3) is 0.889. The fourth-order valence-electron chi connectivity index (χ4n) is 5.14. The van der Waals surface area contributed by atoms with E-state index in [1.807, 2.05) is 4.90 Å². The molecule has 0 aromatic carbocycles. The van der Waals surface area contributed by atoms with Gasteiger partial charge >= 0.3 is 0 Å². The minimum Gasteiger partial charge on any atom is -0.377 e. The van der Waals surface area contributed by atoms with Gasteiger partial charge in [-0.3, -0.25) is 4.79 Å². The zero-order valence-corrected chi connectivity index (χ0v) is 17.5. The molecule has 2 N–H and O–H groups in total. The number of fused-ring (bicyclic) bond motifs is 2. The van der Waals surface area contributed by atoms with E-state index in [4.69, 9.17) is 4.74 Å². The fourth-order valence-corrected chi connectivity index (χ4v) is 5.14. The molecule has 0 aromatic rings. The molecule has 0 radical (unpaired) electrons. The van der Waals surface area contributed by atoms with Crippen LogP contribution in [0.1, 0.15) is 45.4 Å². The number of likely N-dealkylation sites (tertiary alicyclic amines) is 1. The third-order valence-corrected chi connectivity index (χ3v) is 6.50. The predicted molar refractivity (Wildman–Crippen MR) is 108 cm³/mol. The first kappa shape index (κ1) is 19.2. The predicted octanol–water partition coefficient (Wildman–Crippen LogP) is 1.74. The van der Waals surface area contributed by atoms with Crippen molar-refractivity contribution in [1.29, 1.82) is 0 Å². The molecular formula is C18H31IN4O2. The molecule has 1 amide bonds. The van der Waals surface area contributed by atoms with E-state index in [-0.39, 0.29) is 36.4 Å². The SMILES string of the molecule is CCNC(=NCC(=O)N1CCCC1)NC1C2CCOC2C12CCC2.I. The van der Waals surface area contributed by atoms with Crippen LogP contribution in [-0.2, 0) is 9.53 Å². The maximum Gasteiger partial charge on any atom is 0.244 e. The van der Waals surface area contributed by atoms with Gasteiger partial charge < -0.3 is 20.3 Å². The molecule has 7 heteroatoms. The standard InChI is InChI=1S/C18H30N4O2.HI/c1-2-19-17(20-12-14(23)22-9-3-4-10-22)21-15-13-6-11-24-16(13)18(15)7-5-8-18;/h13,15-16H,2-12H2,1H3,(H2,19,20,21);1H. The Morgan fingerprint density at radius 2 is 2.04 bits per heavy atom. The minimum atomic E-state index is 0. The van der Waals surface area contributed by atoms with Crippen molar-refractivity contribution < 1.29 is 9.53 Å². The first-order chi connectivity index (χ1) is 11.7. The molecule has 0 aromatic heterocycles. The molecule has 0 bridgehead atoms. The number of halogens is 1. The van der Waals surface area contributed by atoms with Gasteiger partial charge in [-0.2, -0.15) is 0 Å². The summed E-state index contributed by atoms with van der Waals surface area (Å²) in [6.45, 7) is 5.82. The molecule has 142 valence electrons. The number of hydrogen-bond donors (Lipinski definition) is 2. The second kappa shape index (κ2) is 7.98. The molecule has 2 saturated heterocycles. The van der Waals surface area contributed by atoms with Gasteiger partial charge in [-0.25, -0.2) is 4.99 Å². The molecule has 2 saturated carbocycles. The Bertz CT molecular complexity index is 517. The molecule has 2 aliphatic carbocycles. The highest BCUT2D eigenvalue weighted by Crippen LogP contribution is 2.62. The van der Waals surface area contributed by atoms with Crippen molar-refractivity contribution in [3.05, 3.63) is 0 Å². The number of carbonyl (C=O) groups is 1. The van der Waals surface area contributed by atoms with Crippen LogP contribution in [0.25, 0.3) is 0 Å². The molecule has 1 spiro atoms. The topological polar surface area (TPSA) is 66.0 Å². The Labute approximate surface area is 167 Å². The van der Waals surface area contributed by atoms with Crippen molar-refractivity contribution in [3.63, 3.8) is 0 Å². The van der Waals surface area contributed by atoms with Gasteiger partial charge in [0, 0.05) is 43.6 Å². The number of hydrogen-bond acceptors (Lipinski definition) is 3. The average Bonchev–Trinajstić information content (AvgIpc) is 3.18. The van der Waals surface area contributed by atoms with E-state index in [9.17, 15) is 4.79 Å². The van der Waals surface area contributed by atoms with Crippen LogP contribution in [0.15, 0.2) is 4.99 Å². The molecule has 4 rings (SSSR count). The highest BCUT2D eigenvalue weighted by molar-refractivity contribution is 14.0. The van der Waals surface area contributed by atoms with E-state index < -0.39 is 0 Å². The summed E-state index contributed by atoms with van der Waals surface area (Å²) in [5, 5.41) is 6.97. The number of amides is 1. The van der Waals surface area contributed by atoms with Gasteiger partial charge in [-0.1, -0.05) is 6.42 Å². The second-order valence-electron chi connectivity index (χ2n) is 7.74. The van der Waals surface area contributed by atoms with E-state index in [2.05, 4.69) is 22.5 Å². The van der Waals surface area contributed by atoms with Crippen LogP contribution in [0.4, 0.5) is 0 Å². The summed E-state index contributed by atoms with van der Waals surface area (Å²) in [6, 6.07) is 0.457. The molecule has 2 aliphatic heterocycles. The Hall–Kier alpha value is -0.570. The Kier molecular flexibility index (Phi) is 6.13. The van der Waals surface area contributed by atoms with Crippen LogP contribution < -0.4 is 10.6 Å². The summed E-state index contributed by atoms with van der Waals surface area (Å²) in [5.41, 5.74) is 0.330. The third kappa shape index (κ3) is 3.38. The van der Waals surface area contributed by atoms with Gasteiger partial charge in [0.1, 0.15) is 6.54 Å². The molecular weight excluding hydrogens is 431 g/mol. The lowest BCUT2D eigenvalue weighted by Crippen LogP contribution is -2.72. The van der Waals surface area contributed by atoms with E-state index in [0.717, 1.165) is 51.5 Å². The van der Waals surface area contributed by atoms with Gasteiger partial charge in [-0.05, 0) is 39.0 Å². The first-order valence-electron chi connectivity index (χ1n) is 9.69. The highest BCUT2D eigenvalue weighted by atomic mass is 127. The van der Waals surface area contributed by atoms with Gasteiger partial charge in [0.25, 0.3) is 0 Å². The van der Waals surface area contributed by atoms with E-state index in [1.54, 1.807) is 0 Å². The number of nitrogens with one attached hydrogen (secondary N) is 2. The number of carbonyl (C=O) groups excluding carboxylic acids is 1. The molecule has 4 aliphatic rings. The van der Waals surface area contributed by atoms with Crippen molar-refractivity contribution in [1.82, 2.24) is 15.5 Å². The summed E-state index contributed by atoms with van der Waals surface area (Å²) in [7, 11) is 0. The van der Waals surface area contributed by atoms with E-state index in [0.29, 0.717) is 23.5 Å². The molecule has 2 heterocycles. The Balaban J connectivity index is 0.00000182. The normalized spacial score (nSPS) is 32.4. The number of guanidine groups is 1. The molecule has 25 heavy (non-hydrogen) atoms. The van der Waals surface area contributed by atoms with Crippen LogP contribution in [0.3, 0.4) is 0 Å². The van der Waals surface area contributed by atoms with Crippen LogP contribution in [-0.4, -0.2) is 61.7 Å². The largest absolute Gasteiger partial charge is 0.377 e. The van der Waals surface area contributed by atoms with Gasteiger partial charge in [-0.15, -0.1) is 24.0 Å². The molecule has 3 unspecified atom stereocenters. The summed E-state index contributed by atoms with van der Waals surface area (Å²) in [5.74, 6) is 1.56. The number of aliphatic imine (C=N–C) groups is 1. The van der Waals surface area contributed by atoms with E-state index in [1.165, 1.54) is 19.3 Å². The smallest absolute Gasteiger partial charge is 0.244 e. The third-order valence-electron chi connectivity index (χ3n) is 6.50. The zero-order chi connectivity index (χ0) is 16.6. The first-order valence-corrected chi connectivity index (χ1v) is 9.69. The minimum absolute atomic E-state index is 0. The maximum absolute atomic E-state index is 12.2. The number of ether oxygens (including phenoxy) is 1. The quantitative estimate of drug-likeness (QED) is 0.380. The van der Waals surface area contributed by atoms with Crippen LogP contribution in [0.5, 0.6) is 0 Å². The highest BCUT2D eigenvalue weighted by Gasteiger charge is 2.66. The van der Waals surface area contributed by atoms with Gasteiger partial charge in [0.15, 0.2) is 5.96 Å². The summed E-state index contributed by atoms with van der Waals surface area (Å²) < 4.78 is 5.99. The van der Waals surface area contributed by atoms with Crippen molar-refractivity contribution in [2.24, 2.45) is 16.3 Å². The van der Waals surface area contributed by atoms with Crippen molar-refractivity contribution in [3.8, 4) is 0 Å². The Morgan fingerprint density at radius 1 is 1.28 bits per heavy atom. The lowest BCUT2D eigenvalue weighted by Gasteiger charge is -2.63. The lowest BCUT2D eigenvalue weighted by atomic mass is 9.46. The maximum atomic E-state index is 12.2. The Morgan fingerprint density at radius 3 is 2.68 bits per heavy atom. The molecule has 3 atom stereocenters. The van der Waals surface area contributed by atoms with Crippen LogP contribution in [0.2, 0.25) is 0 Å². The molecule has 6 nitrogen and oxygen atoms in total. The van der Waals surface area contributed by atoms with Crippen molar-refractivity contribution in [2.75, 3.05) is 32.8 Å². The zero-order valence-electron chi connectivity index (χ0n) is 15.1. The van der Waals surface area contributed by atoms with Gasteiger partial charge in [0.2, 0.25) is 5.91 Å². The summed E-state index contributed by atoms with van der Waals surface area (Å²) >= 11 is 0. The summed E-state index contributed by atoms with van der Waals surface area (Å²) in [4.78, 5) is 18.8. The van der Waals surface area contributed by atoms with Crippen molar-refractivity contribution in [2.45, 2.75) is 57.6 Å². The lowest BCUT2D eigenvalue weighted by molar-refractivity contribution is -0.171. The summed E-state index contributed by atoms with van der Waals surface area (Å²) in [6.07, 6.45) is 7.69. The van der Waals surface area contributed by atoms with E-state index >= 15 is 0 Å². The number of rotatable bonds is 4.